The number of aromatic nitrogens is 5. The van der Waals surface area contributed by atoms with Crippen LogP contribution in [0.25, 0.3) is 22.2 Å². The second kappa shape index (κ2) is 11.1. The summed E-state index contributed by atoms with van der Waals surface area (Å²) in [7, 11) is -0.900. The van der Waals surface area contributed by atoms with Gasteiger partial charge in [0.05, 0.1) is 17.9 Å². The predicted octanol–water partition coefficient (Wildman–Crippen LogP) is 4.98. The molecule has 0 amide bonds. The number of likely N-dealkylation sites (N-methyl/N-ethyl adjacent to an activating group) is 1. The van der Waals surface area contributed by atoms with Gasteiger partial charge in [-0.3, -0.25) is 4.68 Å². The first-order chi connectivity index (χ1) is 20.0. The molecule has 1 aromatic carbocycles. The molecule has 2 aliphatic heterocycles. The summed E-state index contributed by atoms with van der Waals surface area (Å²) in [5.41, 5.74) is 2.99. The number of rotatable bonds is 9. The molecule has 5 heterocycles. The van der Waals surface area contributed by atoms with Crippen LogP contribution < -0.4 is 10.2 Å². The number of hydrogen-bond donors (Lipinski definition) is 1. The van der Waals surface area contributed by atoms with Gasteiger partial charge < -0.3 is 15.1 Å². The van der Waals surface area contributed by atoms with Gasteiger partial charge in [-0.2, -0.15) is 5.10 Å². The van der Waals surface area contributed by atoms with Crippen molar-refractivity contribution >= 4 is 49.5 Å². The summed E-state index contributed by atoms with van der Waals surface area (Å²) in [6.07, 6.45) is 7.98. The van der Waals surface area contributed by atoms with Crippen molar-refractivity contribution < 1.29 is 8.42 Å². The van der Waals surface area contributed by atoms with Crippen LogP contribution in [0, 0.1) is 5.92 Å². The summed E-state index contributed by atoms with van der Waals surface area (Å²) in [4.78, 5) is 18.5. The summed E-state index contributed by atoms with van der Waals surface area (Å²) >= 11 is 6.50. The zero-order valence-corrected chi connectivity index (χ0v) is 26.2. The van der Waals surface area contributed by atoms with Gasteiger partial charge in [-0.1, -0.05) is 31.5 Å². The third-order valence-electron chi connectivity index (χ3n) is 8.67. The van der Waals surface area contributed by atoms with Gasteiger partial charge in [0.2, 0.25) is 0 Å². The van der Waals surface area contributed by atoms with Crippen LogP contribution in [-0.2, 0) is 16.4 Å². The molecule has 10 nitrogen and oxygen atoms in total. The summed E-state index contributed by atoms with van der Waals surface area (Å²) in [6.45, 7) is 9.06. The largest absolute Gasteiger partial charge is 0.368 e. The van der Waals surface area contributed by atoms with Crippen LogP contribution in [0.3, 0.4) is 0 Å². The van der Waals surface area contributed by atoms with Crippen LogP contribution in [0.5, 0.6) is 0 Å². The minimum absolute atomic E-state index is 0.126. The fraction of sp³-hybridized carbons (Fsp3) is 0.467. The van der Waals surface area contributed by atoms with Crippen molar-refractivity contribution in [2.24, 2.45) is 5.92 Å². The Balaban J connectivity index is 1.26. The summed E-state index contributed by atoms with van der Waals surface area (Å²) in [5.74, 6) is 2.43. The number of halogens is 1. The Morgan fingerprint density at radius 1 is 1.14 bits per heavy atom. The van der Waals surface area contributed by atoms with E-state index in [4.69, 9.17) is 21.6 Å². The maximum absolute atomic E-state index is 11.9. The molecule has 2 saturated heterocycles. The fourth-order valence-electron chi connectivity index (χ4n) is 6.00. The Kier molecular flexibility index (Phi) is 7.61. The van der Waals surface area contributed by atoms with E-state index >= 15 is 0 Å². The number of fused-ring (bicyclic) bond motifs is 1. The maximum atomic E-state index is 11.9. The number of likely N-dealkylation sites (tertiary alicyclic amines) is 1. The third kappa shape index (κ3) is 5.69. The topological polar surface area (TPSA) is 109 Å². The zero-order chi connectivity index (χ0) is 29.8. The van der Waals surface area contributed by atoms with Gasteiger partial charge in [0.25, 0.3) is 0 Å². The zero-order valence-electron chi connectivity index (χ0n) is 24.6. The standard InChI is InChI=1S/C30H37ClN8O2S/c1-18(2)22-6-7-26(39-14-20(19(39)3)17-42(5,40)41)24-13-33-28(12-23(22)24)34-27-8-10-32-30(35-27)25-16-38(36-29(25)31)15-21-9-11-37(21)4/h6-8,10,12-13,16,18-21H,9,11,14-15,17H2,1-5H3,(H,32,33,34,35)/t19-,20-,21+/m1/s1. The molecule has 3 atom stereocenters. The summed E-state index contributed by atoms with van der Waals surface area (Å²) < 4.78 is 25.6. The van der Waals surface area contributed by atoms with E-state index in [2.05, 4.69) is 71.2 Å². The highest BCUT2D eigenvalue weighted by molar-refractivity contribution is 7.90. The third-order valence-corrected chi connectivity index (χ3v) is 9.98. The maximum Gasteiger partial charge on any atom is 0.166 e. The second-order valence-corrected chi connectivity index (χ2v) is 14.6. The molecule has 0 saturated carbocycles. The van der Waals surface area contributed by atoms with Crippen LogP contribution in [0.15, 0.2) is 42.9 Å². The highest BCUT2D eigenvalue weighted by Crippen LogP contribution is 2.39. The number of sulfone groups is 1. The van der Waals surface area contributed by atoms with Crippen LogP contribution in [0.4, 0.5) is 17.3 Å². The van der Waals surface area contributed by atoms with E-state index in [1.165, 1.54) is 11.8 Å². The van der Waals surface area contributed by atoms with Crippen molar-refractivity contribution in [2.75, 3.05) is 42.4 Å². The summed E-state index contributed by atoms with van der Waals surface area (Å²) in [6, 6.07) is 8.79. The molecule has 0 bridgehead atoms. The van der Waals surface area contributed by atoms with E-state index in [-0.39, 0.29) is 17.7 Å². The lowest BCUT2D eigenvalue weighted by molar-refractivity contribution is 0.107. The van der Waals surface area contributed by atoms with E-state index in [0.29, 0.717) is 46.7 Å². The van der Waals surface area contributed by atoms with Crippen molar-refractivity contribution in [1.29, 1.82) is 0 Å². The number of hydrogen-bond acceptors (Lipinski definition) is 9. The molecular formula is C30H37ClN8O2S. The molecule has 222 valence electrons. The smallest absolute Gasteiger partial charge is 0.166 e. The van der Waals surface area contributed by atoms with Gasteiger partial charge in [0.1, 0.15) is 21.5 Å². The number of benzene rings is 1. The van der Waals surface area contributed by atoms with Crippen molar-refractivity contribution in [3.05, 3.63) is 53.6 Å². The number of nitrogens with zero attached hydrogens (tertiary/aromatic N) is 7. The molecule has 1 N–H and O–H groups in total. The highest BCUT2D eigenvalue weighted by atomic mass is 35.5. The number of pyridine rings is 1. The molecule has 2 fully saturated rings. The van der Waals surface area contributed by atoms with E-state index in [1.54, 1.807) is 12.3 Å². The minimum Gasteiger partial charge on any atom is -0.368 e. The van der Waals surface area contributed by atoms with Crippen molar-refractivity contribution in [3.63, 3.8) is 0 Å². The van der Waals surface area contributed by atoms with E-state index in [0.717, 1.165) is 36.0 Å². The first-order valence-corrected chi connectivity index (χ1v) is 16.8. The fourth-order valence-corrected chi connectivity index (χ4v) is 7.39. The quantitative estimate of drug-likeness (QED) is 0.281. The van der Waals surface area contributed by atoms with Gasteiger partial charge in [0.15, 0.2) is 11.0 Å². The molecule has 0 spiro atoms. The first-order valence-electron chi connectivity index (χ1n) is 14.4. The van der Waals surface area contributed by atoms with Crippen molar-refractivity contribution in [3.8, 4) is 11.4 Å². The number of anilines is 3. The van der Waals surface area contributed by atoms with E-state index < -0.39 is 9.84 Å². The van der Waals surface area contributed by atoms with Gasteiger partial charge in [-0.25, -0.2) is 23.4 Å². The average molecular weight is 609 g/mol. The molecule has 0 unspecified atom stereocenters. The van der Waals surface area contributed by atoms with Crippen LogP contribution >= 0.6 is 11.6 Å². The van der Waals surface area contributed by atoms with Crippen LogP contribution in [0.1, 0.15) is 38.7 Å². The molecule has 4 aromatic rings. The van der Waals surface area contributed by atoms with Gasteiger partial charge >= 0.3 is 0 Å². The SMILES string of the molecule is CC(C)c1ccc(N2C[C@H](CS(C)(=O)=O)[C@H]2C)c2cnc(Nc3ccnc(-c4cn(C[C@@H]5CCN5C)nc4Cl)n3)cc12. The monoisotopic (exact) mass is 608 g/mol. The van der Waals surface area contributed by atoms with Crippen molar-refractivity contribution in [2.45, 2.75) is 51.7 Å². The number of nitrogens with one attached hydrogen (secondary N) is 1. The first kappa shape index (κ1) is 28.8. The predicted molar refractivity (Wildman–Crippen MR) is 168 cm³/mol. The molecular weight excluding hydrogens is 572 g/mol. The Morgan fingerprint density at radius 3 is 2.62 bits per heavy atom. The minimum atomic E-state index is -3.02. The van der Waals surface area contributed by atoms with E-state index in [9.17, 15) is 8.42 Å². The summed E-state index contributed by atoms with van der Waals surface area (Å²) in [5, 5.41) is 10.4. The average Bonchev–Trinajstić information content (AvgIpc) is 3.32. The molecule has 2 aliphatic rings. The second-order valence-electron chi connectivity index (χ2n) is 12.1. The van der Waals surface area contributed by atoms with E-state index in [1.807, 2.05) is 17.1 Å². The molecule has 0 aliphatic carbocycles. The highest BCUT2D eigenvalue weighted by Gasteiger charge is 2.38. The molecule has 6 rings (SSSR count). The van der Waals surface area contributed by atoms with Crippen LogP contribution in [-0.4, -0.2) is 82.3 Å². The lowest BCUT2D eigenvalue weighted by atomic mass is 9.88. The van der Waals surface area contributed by atoms with Crippen molar-refractivity contribution in [1.82, 2.24) is 29.6 Å². The lowest BCUT2D eigenvalue weighted by Gasteiger charge is -2.48. The van der Waals surface area contributed by atoms with Gasteiger partial charge in [-0.15, -0.1) is 0 Å². The normalized spacial score (nSPS) is 21.0. The lowest BCUT2D eigenvalue weighted by Crippen LogP contribution is -2.57. The Bertz CT molecular complexity index is 1740. The Labute approximate surface area is 252 Å². The molecule has 12 heteroatoms. The Morgan fingerprint density at radius 2 is 1.95 bits per heavy atom. The molecule has 3 aromatic heterocycles. The van der Waals surface area contributed by atoms with Gasteiger partial charge in [-0.05, 0) is 62.0 Å². The van der Waals surface area contributed by atoms with Gasteiger partial charge in [0, 0.05) is 60.5 Å². The van der Waals surface area contributed by atoms with Crippen LogP contribution in [0.2, 0.25) is 5.15 Å². The molecule has 0 radical (unpaired) electrons. The Hall–Kier alpha value is -3.28. The molecule has 42 heavy (non-hydrogen) atoms.